The van der Waals surface area contributed by atoms with Crippen LogP contribution in [0.3, 0.4) is 0 Å². The number of aryl methyl sites for hydroxylation is 2. The highest BCUT2D eigenvalue weighted by atomic mass is 16.2. The van der Waals surface area contributed by atoms with Crippen LogP contribution < -0.4 is 11.0 Å². The first-order chi connectivity index (χ1) is 13.5. The Morgan fingerprint density at radius 2 is 2.04 bits per heavy atom. The zero-order valence-corrected chi connectivity index (χ0v) is 16.1. The summed E-state index contributed by atoms with van der Waals surface area (Å²) in [7, 11) is 0. The Bertz CT molecular complexity index is 1050. The summed E-state index contributed by atoms with van der Waals surface area (Å²) in [4.78, 5) is 24.4. The van der Waals surface area contributed by atoms with Crippen LogP contribution in [0.25, 0.3) is 5.69 Å². The summed E-state index contributed by atoms with van der Waals surface area (Å²) in [6.07, 6.45) is 2.47. The van der Waals surface area contributed by atoms with E-state index in [1.54, 1.807) is 4.57 Å². The van der Waals surface area contributed by atoms with Crippen LogP contribution in [0, 0.1) is 13.8 Å². The fourth-order valence-electron chi connectivity index (χ4n) is 3.84. The maximum atomic E-state index is 12.7. The molecule has 2 N–H and O–H groups in total. The molecule has 1 aliphatic heterocycles. The number of carbonyl (C=O) groups is 1. The van der Waals surface area contributed by atoms with Gasteiger partial charge in [-0.3, -0.25) is 9.36 Å². The number of hydrogen-bond acceptors (Lipinski definition) is 4. The lowest BCUT2D eigenvalue weighted by Gasteiger charge is -2.16. The highest BCUT2D eigenvalue weighted by Gasteiger charge is 2.22. The number of rotatable bonds is 4. The summed E-state index contributed by atoms with van der Waals surface area (Å²) in [5.41, 5.74) is 3.61. The van der Waals surface area contributed by atoms with Crippen LogP contribution in [0.4, 0.5) is 0 Å². The molecule has 1 atom stereocenters. The van der Waals surface area contributed by atoms with E-state index >= 15 is 0 Å². The maximum Gasteiger partial charge on any atom is 0.343 e. The average molecular weight is 380 g/mol. The fourth-order valence-corrected chi connectivity index (χ4v) is 3.84. The van der Waals surface area contributed by atoms with Gasteiger partial charge in [-0.2, -0.15) is 10.2 Å². The topological polar surface area (TPSA) is 97.6 Å². The van der Waals surface area contributed by atoms with Crippen molar-refractivity contribution in [3.05, 3.63) is 63.6 Å². The highest BCUT2D eigenvalue weighted by molar-refractivity contribution is 5.79. The van der Waals surface area contributed by atoms with Gasteiger partial charge < -0.3 is 5.32 Å². The van der Waals surface area contributed by atoms with Crippen LogP contribution in [0.15, 0.2) is 35.1 Å². The third-order valence-corrected chi connectivity index (χ3v) is 5.40. The van der Waals surface area contributed by atoms with Gasteiger partial charge in [0.2, 0.25) is 5.91 Å². The summed E-state index contributed by atoms with van der Waals surface area (Å²) >= 11 is 0. The van der Waals surface area contributed by atoms with Gasteiger partial charge in [0.15, 0.2) is 0 Å². The average Bonchev–Trinajstić information content (AvgIpc) is 3.09. The Morgan fingerprint density at radius 3 is 2.82 bits per heavy atom. The molecule has 1 amide bonds. The molecule has 8 nitrogen and oxygen atoms in total. The summed E-state index contributed by atoms with van der Waals surface area (Å²) in [6.45, 7) is 4.50. The van der Waals surface area contributed by atoms with Crippen molar-refractivity contribution in [3.63, 3.8) is 0 Å². The first kappa shape index (κ1) is 18.2. The Balaban J connectivity index is 1.43. The Morgan fingerprint density at radius 1 is 1.25 bits per heavy atom. The Labute approximate surface area is 162 Å². The molecule has 1 aromatic carbocycles. The predicted molar refractivity (Wildman–Crippen MR) is 104 cm³/mol. The fraction of sp³-hybridized carbons (Fsp3) is 0.400. The molecule has 0 aliphatic carbocycles. The van der Waals surface area contributed by atoms with Crippen LogP contribution in [-0.2, 0) is 24.2 Å². The van der Waals surface area contributed by atoms with Gasteiger partial charge in [0.1, 0.15) is 5.82 Å². The summed E-state index contributed by atoms with van der Waals surface area (Å²) in [5, 5.41) is 14.3. The molecule has 3 heterocycles. The lowest BCUT2D eigenvalue weighted by atomic mass is 10.1. The maximum absolute atomic E-state index is 12.7. The molecule has 0 saturated carbocycles. The predicted octanol–water partition coefficient (Wildman–Crippen LogP) is 1.44. The number of nitrogens with one attached hydrogen (secondary N) is 2. The van der Waals surface area contributed by atoms with Crippen LogP contribution in [-0.4, -0.2) is 36.5 Å². The summed E-state index contributed by atoms with van der Waals surface area (Å²) in [6, 6.07) is 9.95. The molecule has 146 valence electrons. The number of H-pyrrole nitrogens is 1. The lowest BCUT2D eigenvalue weighted by Crippen LogP contribution is -2.36. The van der Waals surface area contributed by atoms with Gasteiger partial charge >= 0.3 is 5.69 Å². The Kier molecular flexibility index (Phi) is 4.85. The molecular weight excluding hydrogens is 356 g/mol. The quantitative estimate of drug-likeness (QED) is 0.716. The van der Waals surface area contributed by atoms with Gasteiger partial charge in [-0.05, 0) is 38.8 Å². The van der Waals surface area contributed by atoms with E-state index in [0.717, 1.165) is 41.3 Å². The Hall–Kier alpha value is -3.16. The van der Waals surface area contributed by atoms with Crippen molar-refractivity contribution < 1.29 is 4.79 Å². The number of hydrogen-bond donors (Lipinski definition) is 2. The van der Waals surface area contributed by atoms with E-state index in [-0.39, 0.29) is 17.6 Å². The number of aromatic amines is 1. The van der Waals surface area contributed by atoms with E-state index in [1.165, 1.54) is 0 Å². The first-order valence-corrected chi connectivity index (χ1v) is 9.57. The largest absolute Gasteiger partial charge is 0.353 e. The molecule has 0 spiro atoms. The number of amides is 1. The molecule has 0 bridgehead atoms. The van der Waals surface area contributed by atoms with Crippen molar-refractivity contribution in [2.75, 3.05) is 0 Å². The molecule has 28 heavy (non-hydrogen) atoms. The van der Waals surface area contributed by atoms with Gasteiger partial charge in [-0.25, -0.2) is 14.6 Å². The minimum absolute atomic E-state index is 0.0164. The van der Waals surface area contributed by atoms with E-state index < -0.39 is 0 Å². The van der Waals surface area contributed by atoms with Crippen molar-refractivity contribution in [1.29, 1.82) is 0 Å². The van der Waals surface area contributed by atoms with E-state index in [1.807, 2.05) is 48.9 Å². The van der Waals surface area contributed by atoms with Crippen LogP contribution in [0.1, 0.15) is 35.6 Å². The monoisotopic (exact) mass is 380 g/mol. The molecule has 8 heteroatoms. The number of para-hydroxylation sites is 1. The summed E-state index contributed by atoms with van der Waals surface area (Å²) in [5.74, 6) is 0.745. The number of benzene rings is 1. The molecular formula is C20H24N6O2. The van der Waals surface area contributed by atoms with Crippen molar-refractivity contribution >= 4 is 5.91 Å². The number of fused-ring (bicyclic) bond motifs is 1. The van der Waals surface area contributed by atoms with Crippen LogP contribution >= 0.6 is 0 Å². The van der Waals surface area contributed by atoms with E-state index in [9.17, 15) is 9.59 Å². The molecule has 4 rings (SSSR count). The molecule has 1 unspecified atom stereocenters. The number of carbonyl (C=O) groups excluding carboxylic acids is 1. The number of aromatic nitrogens is 5. The second-order valence-corrected chi connectivity index (χ2v) is 7.26. The standard InChI is InChI=1S/C20H24N6O2/c1-13-17(14(2)26(24-13)16-6-4-3-5-7-16)12-19(27)21-15-8-9-18-22-23-20(28)25(18)11-10-15/h3-7,15H,8-12H2,1-2H3,(H,21,27)(H,23,28). The SMILES string of the molecule is Cc1nn(-c2ccccc2)c(C)c1CC(=O)NC1CCc2n[nH]c(=O)n2CC1. The molecule has 0 radical (unpaired) electrons. The van der Waals surface area contributed by atoms with Crippen molar-refractivity contribution in [3.8, 4) is 5.69 Å². The van der Waals surface area contributed by atoms with Gasteiger partial charge in [0, 0.05) is 30.3 Å². The molecule has 0 saturated heterocycles. The van der Waals surface area contributed by atoms with Gasteiger partial charge in [-0.15, -0.1) is 0 Å². The first-order valence-electron chi connectivity index (χ1n) is 9.57. The van der Waals surface area contributed by atoms with Crippen LogP contribution in [0.2, 0.25) is 0 Å². The van der Waals surface area contributed by atoms with Crippen molar-refractivity contribution in [2.45, 2.75) is 52.1 Å². The highest BCUT2D eigenvalue weighted by Crippen LogP contribution is 2.19. The van der Waals surface area contributed by atoms with Crippen molar-refractivity contribution in [1.82, 2.24) is 29.9 Å². The van der Waals surface area contributed by atoms with Crippen LogP contribution in [0.5, 0.6) is 0 Å². The smallest absolute Gasteiger partial charge is 0.343 e. The second-order valence-electron chi connectivity index (χ2n) is 7.26. The zero-order valence-electron chi connectivity index (χ0n) is 16.1. The van der Waals surface area contributed by atoms with E-state index in [2.05, 4.69) is 20.6 Å². The van der Waals surface area contributed by atoms with Crippen molar-refractivity contribution in [2.24, 2.45) is 0 Å². The lowest BCUT2D eigenvalue weighted by molar-refractivity contribution is -0.121. The normalized spacial score (nSPS) is 16.4. The molecule has 1 aliphatic rings. The van der Waals surface area contributed by atoms with E-state index in [0.29, 0.717) is 19.4 Å². The third-order valence-electron chi connectivity index (χ3n) is 5.40. The number of nitrogens with zero attached hydrogens (tertiary/aromatic N) is 4. The van der Waals surface area contributed by atoms with E-state index in [4.69, 9.17) is 0 Å². The summed E-state index contributed by atoms with van der Waals surface area (Å²) < 4.78 is 3.54. The molecule has 2 aromatic heterocycles. The third kappa shape index (κ3) is 3.49. The van der Waals surface area contributed by atoms with Gasteiger partial charge in [0.05, 0.1) is 17.8 Å². The van der Waals surface area contributed by atoms with Gasteiger partial charge in [0.25, 0.3) is 0 Å². The molecule has 0 fully saturated rings. The second kappa shape index (κ2) is 7.46. The minimum Gasteiger partial charge on any atom is -0.353 e. The zero-order chi connectivity index (χ0) is 19.7. The van der Waals surface area contributed by atoms with Gasteiger partial charge in [-0.1, -0.05) is 18.2 Å². The molecule has 3 aromatic rings. The minimum atomic E-state index is -0.179.